The van der Waals surface area contributed by atoms with Crippen molar-refractivity contribution in [2.45, 2.75) is 41.3 Å². The quantitative estimate of drug-likeness (QED) is 0.584. The molecule has 4 nitrogen and oxygen atoms in total. The third-order valence-corrected chi connectivity index (χ3v) is 8.11. The van der Waals surface area contributed by atoms with Crippen LogP contribution >= 0.6 is 23.1 Å². The van der Waals surface area contributed by atoms with Crippen LogP contribution in [0.15, 0.2) is 62.6 Å². The van der Waals surface area contributed by atoms with Gasteiger partial charge in [-0.2, -0.15) is 0 Å². The first-order chi connectivity index (χ1) is 15.2. The highest BCUT2D eigenvalue weighted by molar-refractivity contribution is 8.01. The van der Waals surface area contributed by atoms with Gasteiger partial charge in [-0.3, -0.25) is 0 Å². The lowest BCUT2D eigenvalue weighted by Gasteiger charge is -2.35. The SMILES string of the molecule is CCc1nc2c(s1)Sc1ccccc1N=C2N1CCNC(CCc2cccc(F)c2)C1. The number of amidine groups is 1. The van der Waals surface area contributed by atoms with Crippen LogP contribution in [0.25, 0.3) is 0 Å². The molecule has 7 heteroatoms. The van der Waals surface area contributed by atoms with Crippen LogP contribution < -0.4 is 5.32 Å². The van der Waals surface area contributed by atoms with Crippen molar-refractivity contribution in [3.63, 3.8) is 0 Å². The number of thiazole rings is 1. The van der Waals surface area contributed by atoms with Crippen LogP contribution in [-0.4, -0.2) is 41.4 Å². The lowest BCUT2D eigenvalue weighted by Crippen LogP contribution is -2.53. The van der Waals surface area contributed by atoms with Gasteiger partial charge in [0.25, 0.3) is 0 Å². The summed E-state index contributed by atoms with van der Waals surface area (Å²) in [5.74, 6) is 0.822. The Hall–Kier alpha value is -2.22. The predicted octanol–water partition coefficient (Wildman–Crippen LogP) is 5.29. The Morgan fingerprint density at radius 2 is 2.10 bits per heavy atom. The number of aryl methyl sites for hydroxylation is 2. The molecule has 0 bridgehead atoms. The maximum atomic E-state index is 13.5. The molecule has 1 aromatic heterocycles. The number of piperazine rings is 1. The molecule has 31 heavy (non-hydrogen) atoms. The van der Waals surface area contributed by atoms with Crippen LogP contribution in [-0.2, 0) is 12.8 Å². The fourth-order valence-corrected chi connectivity index (χ4v) is 6.33. The fraction of sp³-hybridized carbons (Fsp3) is 0.333. The van der Waals surface area contributed by atoms with Gasteiger partial charge in [-0.25, -0.2) is 14.4 Å². The predicted molar refractivity (Wildman–Crippen MR) is 126 cm³/mol. The molecule has 3 heterocycles. The number of nitrogens with zero attached hydrogens (tertiary/aromatic N) is 3. The number of para-hydroxylation sites is 1. The molecule has 0 radical (unpaired) electrons. The van der Waals surface area contributed by atoms with Gasteiger partial charge in [0.2, 0.25) is 0 Å². The van der Waals surface area contributed by atoms with E-state index in [2.05, 4.69) is 35.3 Å². The summed E-state index contributed by atoms with van der Waals surface area (Å²) >= 11 is 3.56. The normalized spacial score (nSPS) is 18.2. The van der Waals surface area contributed by atoms with Gasteiger partial charge >= 0.3 is 0 Å². The minimum Gasteiger partial charge on any atom is -0.352 e. The number of fused-ring (bicyclic) bond motifs is 2. The van der Waals surface area contributed by atoms with Gasteiger partial charge in [0.05, 0.1) is 14.9 Å². The third kappa shape index (κ3) is 4.54. The highest BCUT2D eigenvalue weighted by Crippen LogP contribution is 2.43. The van der Waals surface area contributed by atoms with Crippen LogP contribution in [0.5, 0.6) is 0 Å². The summed E-state index contributed by atoms with van der Waals surface area (Å²) in [6, 6.07) is 15.6. The molecule has 1 atom stereocenters. The van der Waals surface area contributed by atoms with Crippen molar-refractivity contribution in [3.05, 3.63) is 70.6 Å². The Morgan fingerprint density at radius 1 is 1.19 bits per heavy atom. The van der Waals surface area contributed by atoms with Crippen LogP contribution in [0.1, 0.15) is 29.6 Å². The molecule has 0 saturated carbocycles. The number of aliphatic imine (C=N–C) groups is 1. The fourth-order valence-electron chi connectivity index (χ4n) is 4.08. The first-order valence-electron chi connectivity index (χ1n) is 10.8. The van der Waals surface area contributed by atoms with Gasteiger partial charge in [-0.15, -0.1) is 11.3 Å². The van der Waals surface area contributed by atoms with E-state index in [-0.39, 0.29) is 5.82 Å². The Balaban J connectivity index is 1.40. The number of rotatable bonds is 4. The van der Waals surface area contributed by atoms with Crippen LogP contribution in [0.2, 0.25) is 0 Å². The lowest BCUT2D eigenvalue weighted by atomic mass is 10.0. The van der Waals surface area contributed by atoms with Crippen molar-refractivity contribution in [3.8, 4) is 0 Å². The Kier molecular flexibility index (Phi) is 6.07. The number of aromatic nitrogens is 1. The van der Waals surface area contributed by atoms with Gasteiger partial charge in [0.15, 0.2) is 5.84 Å². The summed E-state index contributed by atoms with van der Waals surface area (Å²) in [6.45, 7) is 4.84. The van der Waals surface area contributed by atoms with E-state index in [4.69, 9.17) is 9.98 Å². The summed E-state index contributed by atoms with van der Waals surface area (Å²) in [7, 11) is 0. The number of nitrogens with one attached hydrogen (secondary N) is 1. The molecule has 0 aliphatic carbocycles. The van der Waals surface area contributed by atoms with Gasteiger partial charge in [0, 0.05) is 30.6 Å². The zero-order chi connectivity index (χ0) is 21.2. The molecule has 1 N–H and O–H groups in total. The number of benzene rings is 2. The maximum Gasteiger partial charge on any atom is 0.157 e. The molecule has 1 saturated heterocycles. The van der Waals surface area contributed by atoms with Gasteiger partial charge in [0.1, 0.15) is 11.5 Å². The molecule has 0 spiro atoms. The van der Waals surface area contributed by atoms with E-state index in [0.717, 1.165) is 66.7 Å². The van der Waals surface area contributed by atoms with E-state index in [1.165, 1.54) is 15.2 Å². The van der Waals surface area contributed by atoms with Crippen molar-refractivity contribution >= 4 is 34.6 Å². The van der Waals surface area contributed by atoms with Crippen molar-refractivity contribution < 1.29 is 4.39 Å². The van der Waals surface area contributed by atoms with E-state index in [0.29, 0.717) is 6.04 Å². The minimum atomic E-state index is -0.164. The van der Waals surface area contributed by atoms with Gasteiger partial charge < -0.3 is 10.2 Å². The second-order valence-electron chi connectivity index (χ2n) is 7.87. The summed E-state index contributed by atoms with van der Waals surface area (Å²) < 4.78 is 14.8. The number of hydrogen-bond acceptors (Lipinski definition) is 6. The zero-order valence-electron chi connectivity index (χ0n) is 17.5. The van der Waals surface area contributed by atoms with Crippen LogP contribution in [0, 0.1) is 5.82 Å². The Morgan fingerprint density at radius 3 is 2.97 bits per heavy atom. The summed E-state index contributed by atoms with van der Waals surface area (Å²) in [4.78, 5) is 13.6. The van der Waals surface area contributed by atoms with Crippen LogP contribution in [0.4, 0.5) is 10.1 Å². The third-order valence-electron chi connectivity index (χ3n) is 5.67. The smallest absolute Gasteiger partial charge is 0.157 e. The molecular weight excluding hydrogens is 427 g/mol. The van der Waals surface area contributed by atoms with E-state index in [1.54, 1.807) is 35.2 Å². The highest BCUT2D eigenvalue weighted by Gasteiger charge is 2.29. The van der Waals surface area contributed by atoms with E-state index >= 15 is 0 Å². The average Bonchev–Trinajstić information content (AvgIpc) is 3.13. The second-order valence-corrected chi connectivity index (χ2v) is 10.3. The van der Waals surface area contributed by atoms with Crippen molar-refractivity contribution in [2.24, 2.45) is 4.99 Å². The van der Waals surface area contributed by atoms with E-state index in [9.17, 15) is 4.39 Å². The molecule has 1 fully saturated rings. The topological polar surface area (TPSA) is 40.5 Å². The molecule has 2 aromatic carbocycles. The largest absolute Gasteiger partial charge is 0.352 e. The Labute approximate surface area is 190 Å². The molecule has 0 amide bonds. The van der Waals surface area contributed by atoms with Crippen molar-refractivity contribution in [1.29, 1.82) is 0 Å². The standard InChI is InChI=1S/C24H25FN4S2/c1-2-21-28-22-23(27-19-8-3-4-9-20(19)30-24(22)31-21)29-13-12-26-18(15-29)11-10-16-6-5-7-17(25)14-16/h3-9,14,18,26H,2,10-13,15H2,1H3. The summed E-state index contributed by atoms with van der Waals surface area (Å²) in [6.07, 6.45) is 2.75. The first kappa shape index (κ1) is 20.7. The molecule has 5 rings (SSSR count). The molecule has 2 aliphatic rings. The average molecular weight is 453 g/mol. The monoisotopic (exact) mass is 452 g/mol. The van der Waals surface area contributed by atoms with Gasteiger partial charge in [-0.1, -0.05) is 43.0 Å². The van der Waals surface area contributed by atoms with Crippen molar-refractivity contribution in [1.82, 2.24) is 15.2 Å². The lowest BCUT2D eigenvalue weighted by molar-refractivity contribution is 0.281. The van der Waals surface area contributed by atoms with E-state index in [1.807, 2.05) is 12.1 Å². The van der Waals surface area contributed by atoms with Gasteiger partial charge in [-0.05, 0) is 49.1 Å². The minimum absolute atomic E-state index is 0.164. The molecule has 1 unspecified atom stereocenters. The van der Waals surface area contributed by atoms with E-state index < -0.39 is 0 Å². The first-order valence-corrected chi connectivity index (χ1v) is 12.4. The molecular formula is C24H25FN4S2. The summed E-state index contributed by atoms with van der Waals surface area (Å²) in [5, 5.41) is 4.79. The molecule has 3 aromatic rings. The summed E-state index contributed by atoms with van der Waals surface area (Å²) in [5.41, 5.74) is 3.08. The maximum absolute atomic E-state index is 13.5. The molecule has 2 aliphatic heterocycles. The zero-order valence-corrected chi connectivity index (χ0v) is 19.1. The Bertz CT molecular complexity index is 1110. The number of hydrogen-bond donors (Lipinski definition) is 1. The highest BCUT2D eigenvalue weighted by atomic mass is 32.2. The van der Waals surface area contributed by atoms with Crippen molar-refractivity contribution in [2.75, 3.05) is 19.6 Å². The second kappa shape index (κ2) is 9.10. The number of halogens is 1. The molecule has 160 valence electrons. The van der Waals surface area contributed by atoms with Crippen LogP contribution in [0.3, 0.4) is 0 Å².